The number of para-hydroxylation sites is 1. The van der Waals surface area contributed by atoms with Gasteiger partial charge in [0.25, 0.3) is 0 Å². The third-order valence-corrected chi connectivity index (χ3v) is 3.08. The summed E-state index contributed by atoms with van der Waals surface area (Å²) in [5.74, 6) is 0.599. The maximum absolute atomic E-state index is 4.68. The first-order valence-electron chi connectivity index (χ1n) is 5.41. The minimum Gasteiger partial charge on any atom is -0.248 e. The van der Waals surface area contributed by atoms with Crippen LogP contribution in [0.1, 0.15) is 30.5 Å². The molecule has 0 fully saturated rings. The molecule has 0 amide bonds. The van der Waals surface area contributed by atoms with Crippen molar-refractivity contribution in [2.24, 2.45) is 0 Å². The average Bonchev–Trinajstić information content (AvgIpc) is 2.27. The highest BCUT2D eigenvalue weighted by Crippen LogP contribution is 2.30. The van der Waals surface area contributed by atoms with Crippen LogP contribution in [-0.2, 0) is 0 Å². The number of hydrogen-bond donors (Lipinski definition) is 0. The lowest BCUT2D eigenvalue weighted by atomic mass is 9.90. The largest absolute Gasteiger partial charge is 0.248 e. The van der Waals surface area contributed by atoms with Crippen LogP contribution in [0.4, 0.5) is 0 Å². The van der Waals surface area contributed by atoms with E-state index in [9.17, 15) is 0 Å². The highest BCUT2D eigenvalue weighted by Gasteiger charge is 2.13. The van der Waals surface area contributed by atoms with Gasteiger partial charge in [-0.3, -0.25) is 0 Å². The van der Waals surface area contributed by atoms with Gasteiger partial charge in [-0.1, -0.05) is 31.2 Å². The number of fused-ring (bicyclic) bond motifs is 2. The Morgan fingerprint density at radius 2 is 2.13 bits per heavy atom. The maximum Gasteiger partial charge on any atom is 0.0709 e. The molecular formula is C14H13N. The number of hydrogen-bond acceptors (Lipinski definition) is 1. The van der Waals surface area contributed by atoms with Gasteiger partial charge in [0.1, 0.15) is 0 Å². The zero-order valence-corrected chi connectivity index (χ0v) is 8.77. The van der Waals surface area contributed by atoms with Crippen LogP contribution in [-0.4, -0.2) is 4.98 Å². The third kappa shape index (κ3) is 1.35. The molecule has 1 aliphatic carbocycles. The van der Waals surface area contributed by atoms with Gasteiger partial charge in [0.2, 0.25) is 0 Å². The molecule has 0 radical (unpaired) electrons. The normalized spacial score (nSPS) is 19.1. The fraction of sp³-hybridized carbons (Fsp3) is 0.214. The van der Waals surface area contributed by atoms with E-state index in [4.69, 9.17) is 0 Å². The van der Waals surface area contributed by atoms with Crippen LogP contribution in [0.15, 0.2) is 36.4 Å². The zero-order valence-electron chi connectivity index (χ0n) is 8.77. The summed E-state index contributed by atoms with van der Waals surface area (Å²) in [5.41, 5.74) is 3.62. The van der Waals surface area contributed by atoms with Crippen LogP contribution in [0, 0.1) is 0 Å². The molecule has 0 N–H and O–H groups in total. The lowest BCUT2D eigenvalue weighted by molar-refractivity contribution is 0.767. The Hall–Kier alpha value is -1.63. The number of aromatic nitrogens is 1. The number of allylic oxidation sites excluding steroid dienone is 1. The molecule has 0 saturated heterocycles. The van der Waals surface area contributed by atoms with Crippen molar-refractivity contribution in [3.8, 4) is 0 Å². The zero-order chi connectivity index (χ0) is 10.3. The van der Waals surface area contributed by atoms with Crippen molar-refractivity contribution in [3.63, 3.8) is 0 Å². The SMILES string of the molecule is CC1CC=Cc2nc3ccccc3cc21. The summed E-state index contributed by atoms with van der Waals surface area (Å²) in [4.78, 5) is 4.68. The predicted octanol–water partition coefficient (Wildman–Crippen LogP) is 3.76. The molecule has 1 aliphatic rings. The smallest absolute Gasteiger partial charge is 0.0709 e. The highest BCUT2D eigenvalue weighted by atomic mass is 14.7. The van der Waals surface area contributed by atoms with Gasteiger partial charge < -0.3 is 0 Å². The Bertz CT molecular complexity index is 540. The fourth-order valence-corrected chi connectivity index (χ4v) is 2.19. The van der Waals surface area contributed by atoms with E-state index in [0.29, 0.717) is 5.92 Å². The average molecular weight is 195 g/mol. The third-order valence-electron chi connectivity index (χ3n) is 3.08. The predicted molar refractivity (Wildman–Crippen MR) is 63.8 cm³/mol. The van der Waals surface area contributed by atoms with Crippen LogP contribution < -0.4 is 0 Å². The maximum atomic E-state index is 4.68. The van der Waals surface area contributed by atoms with Crippen molar-refractivity contribution in [1.82, 2.24) is 4.98 Å². The molecule has 15 heavy (non-hydrogen) atoms. The monoisotopic (exact) mass is 195 g/mol. The summed E-state index contributed by atoms with van der Waals surface area (Å²) in [7, 11) is 0. The van der Waals surface area contributed by atoms with Crippen molar-refractivity contribution in [1.29, 1.82) is 0 Å². The quantitative estimate of drug-likeness (QED) is 0.623. The van der Waals surface area contributed by atoms with E-state index in [1.165, 1.54) is 10.9 Å². The molecule has 1 atom stereocenters. The Morgan fingerprint density at radius 3 is 3.07 bits per heavy atom. The second kappa shape index (κ2) is 3.20. The molecule has 3 rings (SSSR count). The molecule has 0 bridgehead atoms. The molecule has 1 heterocycles. The first kappa shape index (κ1) is 8.66. The van der Waals surface area contributed by atoms with Gasteiger partial charge in [-0.05, 0) is 36.1 Å². The van der Waals surface area contributed by atoms with Crippen molar-refractivity contribution in [2.75, 3.05) is 0 Å². The van der Waals surface area contributed by atoms with E-state index >= 15 is 0 Å². The second-order valence-electron chi connectivity index (χ2n) is 4.19. The topological polar surface area (TPSA) is 12.9 Å². The van der Waals surface area contributed by atoms with Gasteiger partial charge in [0.05, 0.1) is 11.2 Å². The summed E-state index contributed by atoms with van der Waals surface area (Å²) < 4.78 is 0. The van der Waals surface area contributed by atoms with Gasteiger partial charge in [-0.2, -0.15) is 0 Å². The Morgan fingerprint density at radius 1 is 1.27 bits per heavy atom. The summed E-state index contributed by atoms with van der Waals surface area (Å²) in [6.07, 6.45) is 5.49. The van der Waals surface area contributed by atoms with Crippen LogP contribution in [0.3, 0.4) is 0 Å². The summed E-state index contributed by atoms with van der Waals surface area (Å²) in [6, 6.07) is 10.6. The molecule has 1 heteroatoms. The van der Waals surface area contributed by atoms with Crippen LogP contribution in [0.2, 0.25) is 0 Å². The Kier molecular flexibility index (Phi) is 1.84. The minimum atomic E-state index is 0.599. The van der Waals surface area contributed by atoms with E-state index in [1.807, 2.05) is 6.07 Å². The van der Waals surface area contributed by atoms with Gasteiger partial charge in [0.15, 0.2) is 0 Å². The number of rotatable bonds is 0. The lowest BCUT2D eigenvalue weighted by Crippen LogP contribution is -2.02. The fourth-order valence-electron chi connectivity index (χ4n) is 2.19. The van der Waals surface area contributed by atoms with Crippen molar-refractivity contribution < 1.29 is 0 Å². The van der Waals surface area contributed by atoms with Crippen molar-refractivity contribution in [2.45, 2.75) is 19.3 Å². The van der Waals surface area contributed by atoms with Crippen LogP contribution in [0.5, 0.6) is 0 Å². The summed E-state index contributed by atoms with van der Waals surface area (Å²) >= 11 is 0. The van der Waals surface area contributed by atoms with Crippen molar-refractivity contribution in [3.05, 3.63) is 47.7 Å². The van der Waals surface area contributed by atoms with Gasteiger partial charge >= 0.3 is 0 Å². The molecule has 1 nitrogen and oxygen atoms in total. The molecule has 1 aromatic carbocycles. The molecule has 0 aliphatic heterocycles. The molecule has 1 aromatic heterocycles. The van der Waals surface area contributed by atoms with E-state index in [0.717, 1.165) is 17.6 Å². The molecule has 74 valence electrons. The van der Waals surface area contributed by atoms with E-state index in [1.54, 1.807) is 0 Å². The van der Waals surface area contributed by atoms with Gasteiger partial charge in [-0.25, -0.2) is 4.98 Å². The standard InChI is InChI=1S/C14H13N/c1-10-5-4-8-14-12(10)9-11-6-2-3-7-13(11)15-14/h2-4,6-10H,5H2,1H3. The molecular weight excluding hydrogens is 182 g/mol. The molecule has 1 unspecified atom stereocenters. The number of benzene rings is 1. The molecule has 0 saturated carbocycles. The molecule has 2 aromatic rings. The molecule has 0 spiro atoms. The minimum absolute atomic E-state index is 0.599. The van der Waals surface area contributed by atoms with Gasteiger partial charge in [-0.15, -0.1) is 0 Å². The highest BCUT2D eigenvalue weighted by molar-refractivity contribution is 5.81. The van der Waals surface area contributed by atoms with Crippen molar-refractivity contribution >= 4 is 17.0 Å². The van der Waals surface area contributed by atoms with E-state index in [2.05, 4.69) is 48.3 Å². The number of pyridine rings is 1. The van der Waals surface area contributed by atoms with E-state index < -0.39 is 0 Å². The first-order valence-corrected chi connectivity index (χ1v) is 5.41. The first-order chi connectivity index (χ1) is 7.34. The van der Waals surface area contributed by atoms with Gasteiger partial charge in [0, 0.05) is 5.39 Å². The summed E-state index contributed by atoms with van der Waals surface area (Å²) in [5, 5.41) is 1.25. The second-order valence-corrected chi connectivity index (χ2v) is 4.19. The van der Waals surface area contributed by atoms with E-state index in [-0.39, 0.29) is 0 Å². The van der Waals surface area contributed by atoms with Crippen LogP contribution >= 0.6 is 0 Å². The Labute approximate surface area is 89.5 Å². The summed E-state index contributed by atoms with van der Waals surface area (Å²) in [6.45, 7) is 2.26. The lowest BCUT2D eigenvalue weighted by Gasteiger charge is -2.17. The van der Waals surface area contributed by atoms with Crippen LogP contribution in [0.25, 0.3) is 17.0 Å². The number of nitrogens with zero attached hydrogens (tertiary/aromatic N) is 1. The Balaban J connectivity index is 2.33.